The first-order chi connectivity index (χ1) is 15.0. The second kappa shape index (κ2) is 9.32. The number of nitrogens with zero attached hydrogens (tertiary/aromatic N) is 2. The zero-order valence-corrected chi connectivity index (χ0v) is 17.8. The third kappa shape index (κ3) is 4.78. The van der Waals surface area contributed by atoms with Crippen LogP contribution in [-0.4, -0.2) is 21.2 Å². The van der Waals surface area contributed by atoms with E-state index in [-0.39, 0.29) is 22.5 Å². The molecule has 1 N–H and O–H groups in total. The maximum atomic E-state index is 14.5. The van der Waals surface area contributed by atoms with E-state index in [1.807, 2.05) is 12.1 Å². The Morgan fingerprint density at radius 2 is 1.84 bits per heavy atom. The quantitative estimate of drug-likeness (QED) is 0.342. The summed E-state index contributed by atoms with van der Waals surface area (Å²) in [5, 5.41) is 4.02. The predicted octanol–water partition coefficient (Wildman–Crippen LogP) is 4.59. The average molecular weight is 454 g/mol. The molecule has 31 heavy (non-hydrogen) atoms. The maximum Gasteiger partial charge on any atom is 0.266 e. The Morgan fingerprint density at radius 1 is 1.06 bits per heavy atom. The lowest BCUT2D eigenvalue weighted by Crippen LogP contribution is -2.26. The lowest BCUT2D eigenvalue weighted by atomic mass is 10.2. The molecular formula is C23H17ClFN3O2S. The van der Waals surface area contributed by atoms with Gasteiger partial charge in [-0.3, -0.25) is 14.2 Å². The number of fused-ring (bicyclic) bond motifs is 1. The summed E-state index contributed by atoms with van der Waals surface area (Å²) in [6, 6.07) is 20.1. The summed E-state index contributed by atoms with van der Waals surface area (Å²) in [7, 11) is 0. The molecule has 0 spiro atoms. The molecule has 1 heterocycles. The number of hydrogen-bond acceptors (Lipinski definition) is 4. The van der Waals surface area contributed by atoms with Gasteiger partial charge < -0.3 is 5.32 Å². The summed E-state index contributed by atoms with van der Waals surface area (Å²) >= 11 is 7.04. The van der Waals surface area contributed by atoms with Crippen molar-refractivity contribution in [3.8, 4) is 5.69 Å². The molecular weight excluding hydrogens is 437 g/mol. The molecule has 0 saturated heterocycles. The van der Waals surface area contributed by atoms with Crippen LogP contribution in [-0.2, 0) is 11.3 Å². The molecule has 3 aromatic carbocycles. The highest BCUT2D eigenvalue weighted by atomic mass is 35.5. The average Bonchev–Trinajstić information content (AvgIpc) is 2.77. The minimum absolute atomic E-state index is 0.0137. The molecule has 0 aliphatic rings. The van der Waals surface area contributed by atoms with Crippen molar-refractivity contribution in [2.24, 2.45) is 0 Å². The van der Waals surface area contributed by atoms with Crippen molar-refractivity contribution in [2.75, 3.05) is 5.75 Å². The van der Waals surface area contributed by atoms with Crippen molar-refractivity contribution in [3.63, 3.8) is 0 Å². The van der Waals surface area contributed by atoms with E-state index in [0.29, 0.717) is 22.5 Å². The van der Waals surface area contributed by atoms with Crippen LogP contribution in [0.4, 0.5) is 4.39 Å². The summed E-state index contributed by atoms with van der Waals surface area (Å²) in [6.07, 6.45) is 0. The third-order valence-corrected chi connectivity index (χ3v) is 5.72. The standard InChI is InChI=1S/C23H17ClFN3O2S/c24-16-7-5-6-15(12-16)13-26-21(29)14-31-23-27-19-10-3-1-8-17(19)22(30)28(23)20-11-4-2-9-18(20)25/h1-12H,13-14H2,(H,26,29). The van der Waals surface area contributed by atoms with E-state index in [4.69, 9.17) is 11.6 Å². The van der Waals surface area contributed by atoms with Crippen LogP contribution in [0.15, 0.2) is 82.7 Å². The zero-order chi connectivity index (χ0) is 21.8. The van der Waals surface area contributed by atoms with E-state index in [2.05, 4.69) is 10.3 Å². The van der Waals surface area contributed by atoms with Crippen molar-refractivity contribution in [1.82, 2.24) is 14.9 Å². The van der Waals surface area contributed by atoms with Crippen molar-refractivity contribution >= 4 is 40.2 Å². The van der Waals surface area contributed by atoms with Crippen LogP contribution in [0.1, 0.15) is 5.56 Å². The van der Waals surface area contributed by atoms with Gasteiger partial charge in [-0.15, -0.1) is 0 Å². The molecule has 0 saturated carbocycles. The summed E-state index contributed by atoms with van der Waals surface area (Å²) in [6.45, 7) is 0.325. The Morgan fingerprint density at radius 3 is 2.65 bits per heavy atom. The van der Waals surface area contributed by atoms with Gasteiger partial charge >= 0.3 is 0 Å². The molecule has 5 nitrogen and oxygen atoms in total. The van der Waals surface area contributed by atoms with Crippen molar-refractivity contribution in [2.45, 2.75) is 11.7 Å². The van der Waals surface area contributed by atoms with Crippen LogP contribution >= 0.6 is 23.4 Å². The van der Waals surface area contributed by atoms with Gasteiger partial charge in [-0.2, -0.15) is 0 Å². The molecule has 0 bridgehead atoms. The Bertz CT molecular complexity index is 1330. The van der Waals surface area contributed by atoms with Gasteiger partial charge in [0.2, 0.25) is 5.91 Å². The molecule has 8 heteroatoms. The van der Waals surface area contributed by atoms with E-state index in [1.54, 1.807) is 48.5 Å². The van der Waals surface area contributed by atoms with E-state index in [0.717, 1.165) is 17.3 Å². The van der Waals surface area contributed by atoms with Gasteiger partial charge in [0, 0.05) is 11.6 Å². The number of carbonyl (C=O) groups excluding carboxylic acids is 1. The van der Waals surface area contributed by atoms with Crippen LogP contribution in [0.5, 0.6) is 0 Å². The van der Waals surface area contributed by atoms with Gasteiger partial charge in [0.25, 0.3) is 5.56 Å². The smallest absolute Gasteiger partial charge is 0.266 e. The number of hydrogen-bond donors (Lipinski definition) is 1. The van der Waals surface area contributed by atoms with Gasteiger partial charge in [-0.1, -0.05) is 59.8 Å². The Kier molecular flexibility index (Phi) is 6.34. The predicted molar refractivity (Wildman–Crippen MR) is 121 cm³/mol. The molecule has 4 aromatic rings. The highest BCUT2D eigenvalue weighted by Gasteiger charge is 2.17. The fourth-order valence-corrected chi connectivity index (χ4v) is 4.13. The number of thioether (sulfide) groups is 1. The lowest BCUT2D eigenvalue weighted by Gasteiger charge is -2.14. The van der Waals surface area contributed by atoms with Gasteiger partial charge in [0.15, 0.2) is 5.16 Å². The van der Waals surface area contributed by atoms with Crippen LogP contribution in [0, 0.1) is 5.82 Å². The Balaban J connectivity index is 1.61. The molecule has 156 valence electrons. The monoisotopic (exact) mass is 453 g/mol. The molecule has 0 radical (unpaired) electrons. The van der Waals surface area contributed by atoms with Gasteiger partial charge in [-0.25, -0.2) is 9.37 Å². The number of amides is 1. The Hall–Kier alpha value is -3.16. The third-order valence-electron chi connectivity index (χ3n) is 4.55. The molecule has 1 amide bonds. The van der Waals surface area contributed by atoms with Crippen molar-refractivity contribution in [1.29, 1.82) is 0 Å². The van der Waals surface area contributed by atoms with Gasteiger partial charge in [-0.05, 0) is 42.0 Å². The molecule has 0 aliphatic carbocycles. The number of para-hydroxylation sites is 2. The molecule has 0 unspecified atom stereocenters. The van der Waals surface area contributed by atoms with E-state index in [9.17, 15) is 14.0 Å². The largest absolute Gasteiger partial charge is 0.351 e. The number of benzene rings is 3. The second-order valence-electron chi connectivity index (χ2n) is 6.70. The SMILES string of the molecule is O=C(CSc1nc2ccccc2c(=O)n1-c1ccccc1F)NCc1cccc(Cl)c1. The van der Waals surface area contributed by atoms with E-state index in [1.165, 1.54) is 16.7 Å². The Labute approximate surface area is 186 Å². The lowest BCUT2D eigenvalue weighted by molar-refractivity contribution is -0.118. The molecule has 0 atom stereocenters. The first-order valence-electron chi connectivity index (χ1n) is 9.43. The number of halogens is 2. The summed E-state index contributed by atoms with van der Waals surface area (Å²) in [5.41, 5.74) is 1.06. The number of rotatable bonds is 6. The summed E-state index contributed by atoms with van der Waals surface area (Å²) in [5.74, 6) is -0.777. The number of aromatic nitrogens is 2. The minimum atomic E-state index is -0.547. The second-order valence-corrected chi connectivity index (χ2v) is 8.08. The minimum Gasteiger partial charge on any atom is -0.351 e. The molecule has 0 aliphatic heterocycles. The van der Waals surface area contributed by atoms with Crippen LogP contribution in [0.25, 0.3) is 16.6 Å². The zero-order valence-electron chi connectivity index (χ0n) is 16.2. The summed E-state index contributed by atoms with van der Waals surface area (Å²) < 4.78 is 15.7. The summed E-state index contributed by atoms with van der Waals surface area (Å²) in [4.78, 5) is 30.0. The topological polar surface area (TPSA) is 64.0 Å². The highest BCUT2D eigenvalue weighted by Crippen LogP contribution is 2.22. The molecule has 1 aromatic heterocycles. The number of carbonyl (C=O) groups is 1. The fraction of sp³-hybridized carbons (Fsp3) is 0.0870. The van der Waals surface area contributed by atoms with Crippen LogP contribution < -0.4 is 10.9 Å². The first kappa shape index (κ1) is 21.1. The van der Waals surface area contributed by atoms with E-state index < -0.39 is 11.4 Å². The normalized spacial score (nSPS) is 10.9. The van der Waals surface area contributed by atoms with Gasteiger partial charge in [0.1, 0.15) is 5.82 Å². The van der Waals surface area contributed by atoms with Gasteiger partial charge in [0.05, 0.1) is 22.3 Å². The first-order valence-corrected chi connectivity index (χ1v) is 10.8. The molecule has 0 fully saturated rings. The number of nitrogens with one attached hydrogen (secondary N) is 1. The van der Waals surface area contributed by atoms with Crippen molar-refractivity contribution in [3.05, 3.63) is 99.6 Å². The highest BCUT2D eigenvalue weighted by molar-refractivity contribution is 7.99. The van der Waals surface area contributed by atoms with Crippen LogP contribution in [0.3, 0.4) is 0 Å². The van der Waals surface area contributed by atoms with E-state index >= 15 is 0 Å². The van der Waals surface area contributed by atoms with Crippen LogP contribution in [0.2, 0.25) is 5.02 Å². The fourth-order valence-electron chi connectivity index (χ4n) is 3.08. The molecule has 4 rings (SSSR count). The maximum absolute atomic E-state index is 14.5. The van der Waals surface area contributed by atoms with Crippen molar-refractivity contribution < 1.29 is 9.18 Å².